The van der Waals surface area contributed by atoms with Crippen LogP contribution >= 0.6 is 0 Å². The van der Waals surface area contributed by atoms with Gasteiger partial charge in [0.05, 0.1) is 0 Å². The third-order valence-electron chi connectivity index (χ3n) is 3.56. The van der Waals surface area contributed by atoms with E-state index in [1.165, 1.54) is 11.1 Å². The normalized spacial score (nSPS) is 36.2. The molecule has 66 valence electrons. The zero-order valence-electron chi connectivity index (χ0n) is 8.42. The number of rotatable bonds is 2. The summed E-state index contributed by atoms with van der Waals surface area (Å²) in [5.41, 5.74) is 2.99. The summed E-state index contributed by atoms with van der Waals surface area (Å²) in [4.78, 5) is 0. The molecule has 1 aliphatic rings. The second-order valence-corrected chi connectivity index (χ2v) is 3.95. The quantitative estimate of drug-likeness (QED) is 0.449. The highest BCUT2D eigenvalue weighted by Gasteiger charge is 2.32. The molecule has 0 aromatic heterocycles. The topological polar surface area (TPSA) is 9.23 Å². The fourth-order valence-corrected chi connectivity index (χ4v) is 2.17. The lowest BCUT2D eigenvalue weighted by molar-refractivity contribution is 0.235. The molecule has 0 aliphatic heterocycles. The number of hydrogen-bond acceptors (Lipinski definition) is 1. The van der Waals surface area contributed by atoms with Crippen molar-refractivity contribution in [3.63, 3.8) is 0 Å². The van der Waals surface area contributed by atoms with Gasteiger partial charge < -0.3 is 4.65 Å². The van der Waals surface area contributed by atoms with Crippen molar-refractivity contribution < 1.29 is 4.65 Å². The highest BCUT2D eigenvalue weighted by molar-refractivity contribution is 5.97. The van der Waals surface area contributed by atoms with Gasteiger partial charge in [-0.05, 0) is 25.7 Å². The van der Waals surface area contributed by atoms with Crippen molar-refractivity contribution in [1.29, 1.82) is 0 Å². The maximum Gasteiger partial charge on any atom is 0.282 e. The van der Waals surface area contributed by atoms with E-state index >= 15 is 0 Å². The van der Waals surface area contributed by atoms with Crippen LogP contribution in [0, 0.1) is 17.8 Å². The monoisotopic (exact) mass is 164 g/mol. The van der Waals surface area contributed by atoms with Gasteiger partial charge in [-0.15, -0.1) is 0 Å². The fraction of sp³-hybridized carbons (Fsp3) is 0.800. The van der Waals surface area contributed by atoms with E-state index in [0.717, 1.165) is 0 Å². The van der Waals surface area contributed by atoms with Gasteiger partial charge in [-0.1, -0.05) is 25.0 Å². The van der Waals surface area contributed by atoms with Gasteiger partial charge in [-0.3, -0.25) is 0 Å². The van der Waals surface area contributed by atoms with Crippen molar-refractivity contribution >= 4 is 8.05 Å². The van der Waals surface area contributed by atoms with Crippen molar-refractivity contribution in [2.24, 2.45) is 17.8 Å². The van der Waals surface area contributed by atoms with Crippen LogP contribution in [-0.2, 0) is 4.65 Å². The molecule has 0 saturated heterocycles. The smallest absolute Gasteiger partial charge is 0.282 e. The molecule has 3 unspecified atom stereocenters. The predicted octanol–water partition coefficient (Wildman–Crippen LogP) is 2.32. The summed E-state index contributed by atoms with van der Waals surface area (Å²) in [6.07, 6.45) is 0. The average Bonchev–Trinajstić information content (AvgIpc) is 2.23. The second kappa shape index (κ2) is 3.65. The van der Waals surface area contributed by atoms with Crippen LogP contribution < -0.4 is 0 Å². The summed E-state index contributed by atoms with van der Waals surface area (Å²) in [5, 5.41) is 0. The van der Waals surface area contributed by atoms with E-state index in [1.807, 2.05) is 0 Å². The molecule has 2 heteroatoms. The Morgan fingerprint density at radius 1 is 1.25 bits per heavy atom. The highest BCUT2D eigenvalue weighted by atomic mass is 16.4. The maximum atomic E-state index is 5.10. The van der Waals surface area contributed by atoms with Gasteiger partial charge >= 0.3 is 0 Å². The van der Waals surface area contributed by atoms with Gasteiger partial charge in [0.1, 0.15) is 0 Å². The molecule has 1 rings (SSSR count). The minimum Gasteiger partial charge on any atom is -0.447 e. The molecular weight excluding hydrogens is 147 g/mol. The van der Waals surface area contributed by atoms with E-state index in [0.29, 0.717) is 24.4 Å². The largest absolute Gasteiger partial charge is 0.447 e. The zero-order chi connectivity index (χ0) is 9.30. The van der Waals surface area contributed by atoms with Gasteiger partial charge in [-0.2, -0.15) is 0 Å². The Kier molecular flexibility index (Phi) is 3.00. The van der Waals surface area contributed by atoms with Crippen LogP contribution in [0.1, 0.15) is 27.7 Å². The molecule has 3 atom stereocenters. The van der Waals surface area contributed by atoms with Gasteiger partial charge in [0.2, 0.25) is 0 Å². The summed E-state index contributed by atoms with van der Waals surface area (Å²) >= 11 is 0. The SMILES string of the molecule is [B]OCC1C(C)=C(C)C(C)C1C. The average molecular weight is 164 g/mol. The molecule has 0 saturated carbocycles. The van der Waals surface area contributed by atoms with Gasteiger partial charge in [0.15, 0.2) is 0 Å². The number of allylic oxidation sites excluding steroid dienone is 1. The van der Waals surface area contributed by atoms with Gasteiger partial charge in [-0.25, -0.2) is 0 Å². The maximum absolute atomic E-state index is 5.10. The highest BCUT2D eigenvalue weighted by Crippen LogP contribution is 2.40. The first-order valence-corrected chi connectivity index (χ1v) is 4.58. The van der Waals surface area contributed by atoms with Crippen LogP contribution in [0.4, 0.5) is 0 Å². The van der Waals surface area contributed by atoms with Crippen molar-refractivity contribution in [2.45, 2.75) is 27.7 Å². The van der Waals surface area contributed by atoms with Crippen LogP contribution in [0.25, 0.3) is 0 Å². The lowest BCUT2D eigenvalue weighted by Crippen LogP contribution is -2.17. The van der Waals surface area contributed by atoms with E-state index in [1.54, 1.807) is 0 Å². The van der Waals surface area contributed by atoms with Crippen LogP contribution in [-0.4, -0.2) is 14.7 Å². The van der Waals surface area contributed by atoms with Crippen molar-refractivity contribution in [1.82, 2.24) is 0 Å². The fourth-order valence-electron chi connectivity index (χ4n) is 2.17. The molecule has 0 spiro atoms. The minimum atomic E-state index is 0.532. The molecule has 0 heterocycles. The number of hydrogen-bond donors (Lipinski definition) is 0. The van der Waals surface area contributed by atoms with Crippen LogP contribution in [0.2, 0.25) is 0 Å². The summed E-state index contributed by atoms with van der Waals surface area (Å²) < 4.78 is 4.73. The third kappa shape index (κ3) is 1.45. The molecule has 0 aromatic carbocycles. The first kappa shape index (κ1) is 9.85. The molecule has 1 nitrogen and oxygen atoms in total. The van der Waals surface area contributed by atoms with E-state index < -0.39 is 0 Å². The molecular formula is C10H17BO. The Labute approximate surface area is 76.6 Å². The summed E-state index contributed by atoms with van der Waals surface area (Å²) in [7, 11) is 5.10. The van der Waals surface area contributed by atoms with E-state index in [4.69, 9.17) is 12.7 Å². The third-order valence-corrected chi connectivity index (χ3v) is 3.56. The standard InChI is InChI=1S/C10H17BO/c1-6-7(2)9(4)10(5-12-11)8(6)3/h6,8,10H,5H2,1-4H3. The molecule has 0 N–H and O–H groups in total. The summed E-state index contributed by atoms with van der Waals surface area (Å²) in [5.74, 6) is 1.89. The van der Waals surface area contributed by atoms with E-state index in [2.05, 4.69) is 27.7 Å². The Morgan fingerprint density at radius 2 is 1.83 bits per heavy atom. The molecule has 1 aliphatic carbocycles. The van der Waals surface area contributed by atoms with E-state index in [-0.39, 0.29) is 0 Å². The molecule has 0 bridgehead atoms. The van der Waals surface area contributed by atoms with Crippen molar-refractivity contribution in [3.05, 3.63) is 11.1 Å². The molecule has 0 amide bonds. The van der Waals surface area contributed by atoms with Crippen LogP contribution in [0.5, 0.6) is 0 Å². The Bertz CT molecular complexity index is 198. The molecule has 0 fully saturated rings. The summed E-state index contributed by atoms with van der Waals surface area (Å²) in [6, 6.07) is 0. The second-order valence-electron chi connectivity index (χ2n) is 3.95. The summed E-state index contributed by atoms with van der Waals surface area (Å²) in [6.45, 7) is 9.62. The van der Waals surface area contributed by atoms with Crippen molar-refractivity contribution in [3.8, 4) is 0 Å². The molecule has 12 heavy (non-hydrogen) atoms. The Hall–Kier alpha value is -0.235. The van der Waals surface area contributed by atoms with Crippen molar-refractivity contribution in [2.75, 3.05) is 6.61 Å². The lowest BCUT2D eigenvalue weighted by Gasteiger charge is -2.19. The van der Waals surface area contributed by atoms with Gasteiger partial charge in [0, 0.05) is 12.5 Å². The lowest BCUT2D eigenvalue weighted by atomic mass is 9.89. The van der Waals surface area contributed by atoms with Crippen LogP contribution in [0.3, 0.4) is 0 Å². The Balaban J connectivity index is 2.76. The van der Waals surface area contributed by atoms with Gasteiger partial charge in [0.25, 0.3) is 8.05 Å². The first-order chi connectivity index (χ1) is 5.59. The van der Waals surface area contributed by atoms with Crippen LogP contribution in [0.15, 0.2) is 11.1 Å². The predicted molar refractivity (Wildman–Crippen MR) is 51.9 cm³/mol. The first-order valence-electron chi connectivity index (χ1n) is 4.58. The zero-order valence-corrected chi connectivity index (χ0v) is 8.42. The minimum absolute atomic E-state index is 0.532. The molecule has 0 aromatic rings. The molecule has 2 radical (unpaired) electrons. The van der Waals surface area contributed by atoms with E-state index in [9.17, 15) is 0 Å². The Morgan fingerprint density at radius 3 is 2.17 bits per heavy atom.